The lowest BCUT2D eigenvalue weighted by molar-refractivity contribution is -0.147. The molecule has 1 aliphatic rings. The van der Waals surface area contributed by atoms with Crippen molar-refractivity contribution in [2.24, 2.45) is 0 Å². The van der Waals surface area contributed by atoms with E-state index in [1.54, 1.807) is 18.2 Å². The van der Waals surface area contributed by atoms with E-state index in [1.807, 2.05) is 6.07 Å². The minimum absolute atomic E-state index is 0.162. The largest absolute Gasteiger partial charge is 0.455 e. The van der Waals surface area contributed by atoms with Gasteiger partial charge in [-0.15, -0.1) is 0 Å². The van der Waals surface area contributed by atoms with E-state index in [-0.39, 0.29) is 24.8 Å². The lowest BCUT2D eigenvalue weighted by Crippen LogP contribution is -2.30. The van der Waals surface area contributed by atoms with Crippen LogP contribution in [0.1, 0.15) is 28.7 Å². The van der Waals surface area contributed by atoms with Crippen LogP contribution in [0.25, 0.3) is 0 Å². The first-order chi connectivity index (χ1) is 12.6. The second-order valence-electron chi connectivity index (χ2n) is 6.49. The summed E-state index contributed by atoms with van der Waals surface area (Å²) < 4.78 is 18.5. The zero-order valence-electron chi connectivity index (χ0n) is 14.6. The molecule has 0 bridgehead atoms. The Kier molecular flexibility index (Phi) is 6.00. The van der Waals surface area contributed by atoms with Crippen molar-refractivity contribution in [1.82, 2.24) is 5.32 Å². The zero-order valence-corrected chi connectivity index (χ0v) is 14.6. The van der Waals surface area contributed by atoms with E-state index in [9.17, 15) is 14.0 Å². The SMILES string of the molecule is O=C(COC(=O)Cc1ccc2c(c1)CCC2)NCCc1ccccc1F. The summed E-state index contributed by atoms with van der Waals surface area (Å²) in [5, 5.41) is 2.63. The van der Waals surface area contributed by atoms with Crippen molar-refractivity contribution in [3.8, 4) is 0 Å². The Labute approximate surface area is 152 Å². The standard InChI is InChI=1S/C21H22FNO3/c22-19-7-2-1-4-17(19)10-11-23-20(24)14-26-21(25)13-15-8-9-16-5-3-6-18(16)12-15/h1-2,4,7-9,12H,3,5-6,10-11,13-14H2,(H,23,24). The monoisotopic (exact) mass is 355 g/mol. The van der Waals surface area contributed by atoms with Gasteiger partial charge < -0.3 is 10.1 Å². The van der Waals surface area contributed by atoms with Crippen LogP contribution in [-0.2, 0) is 40.0 Å². The molecule has 0 saturated carbocycles. The third-order valence-electron chi connectivity index (χ3n) is 4.55. The summed E-state index contributed by atoms with van der Waals surface area (Å²) in [6.07, 6.45) is 3.88. The maximum absolute atomic E-state index is 13.5. The Bertz CT molecular complexity index is 804. The minimum Gasteiger partial charge on any atom is -0.455 e. The molecule has 136 valence electrons. The van der Waals surface area contributed by atoms with E-state index in [0.29, 0.717) is 18.5 Å². The molecule has 2 aromatic carbocycles. The maximum atomic E-state index is 13.5. The molecule has 0 atom stereocenters. The number of halogens is 1. The van der Waals surface area contributed by atoms with E-state index in [2.05, 4.69) is 17.4 Å². The molecule has 3 rings (SSSR count). The molecule has 0 radical (unpaired) electrons. The Morgan fingerprint density at radius 1 is 1.08 bits per heavy atom. The summed E-state index contributed by atoms with van der Waals surface area (Å²) in [5.41, 5.74) is 4.12. The fraction of sp³-hybridized carbons (Fsp3) is 0.333. The zero-order chi connectivity index (χ0) is 18.4. The molecular formula is C21H22FNO3. The maximum Gasteiger partial charge on any atom is 0.310 e. The molecule has 1 amide bonds. The number of ether oxygens (including phenoxy) is 1. The average molecular weight is 355 g/mol. The number of hydrogen-bond donors (Lipinski definition) is 1. The van der Waals surface area contributed by atoms with Gasteiger partial charge in [-0.3, -0.25) is 9.59 Å². The third-order valence-corrected chi connectivity index (χ3v) is 4.55. The van der Waals surface area contributed by atoms with Gasteiger partial charge in [-0.25, -0.2) is 4.39 Å². The van der Waals surface area contributed by atoms with E-state index in [4.69, 9.17) is 4.74 Å². The first-order valence-corrected chi connectivity index (χ1v) is 8.88. The number of rotatable bonds is 7. The van der Waals surface area contributed by atoms with Gasteiger partial charge in [0.25, 0.3) is 5.91 Å². The van der Waals surface area contributed by atoms with Crippen molar-refractivity contribution >= 4 is 11.9 Å². The molecule has 26 heavy (non-hydrogen) atoms. The number of nitrogens with one attached hydrogen (secondary N) is 1. The molecule has 5 heteroatoms. The van der Waals surface area contributed by atoms with Crippen LogP contribution < -0.4 is 5.32 Å². The van der Waals surface area contributed by atoms with Crippen LogP contribution in [0, 0.1) is 5.82 Å². The van der Waals surface area contributed by atoms with Gasteiger partial charge in [-0.1, -0.05) is 36.4 Å². The molecule has 1 aliphatic carbocycles. The summed E-state index contributed by atoms with van der Waals surface area (Å²) >= 11 is 0. The molecule has 1 N–H and O–H groups in total. The molecular weight excluding hydrogens is 333 g/mol. The van der Waals surface area contributed by atoms with Crippen LogP contribution in [0.2, 0.25) is 0 Å². The number of aryl methyl sites for hydroxylation is 2. The van der Waals surface area contributed by atoms with Crippen LogP contribution >= 0.6 is 0 Å². The van der Waals surface area contributed by atoms with Crippen molar-refractivity contribution in [2.75, 3.05) is 13.2 Å². The van der Waals surface area contributed by atoms with Gasteiger partial charge in [0, 0.05) is 6.54 Å². The first kappa shape index (κ1) is 18.1. The highest BCUT2D eigenvalue weighted by Crippen LogP contribution is 2.23. The first-order valence-electron chi connectivity index (χ1n) is 8.88. The van der Waals surface area contributed by atoms with Gasteiger partial charge in [0.15, 0.2) is 6.61 Å². The number of carbonyl (C=O) groups is 2. The van der Waals surface area contributed by atoms with Crippen molar-refractivity contribution in [3.05, 3.63) is 70.5 Å². The smallest absolute Gasteiger partial charge is 0.310 e. The average Bonchev–Trinajstić information content (AvgIpc) is 3.09. The second-order valence-corrected chi connectivity index (χ2v) is 6.49. The van der Waals surface area contributed by atoms with E-state index >= 15 is 0 Å². The Morgan fingerprint density at radius 3 is 2.73 bits per heavy atom. The van der Waals surface area contributed by atoms with Crippen molar-refractivity contribution in [2.45, 2.75) is 32.1 Å². The Morgan fingerprint density at radius 2 is 1.88 bits per heavy atom. The summed E-state index contributed by atoms with van der Waals surface area (Å²) in [6.45, 7) is -0.0246. The topological polar surface area (TPSA) is 55.4 Å². The molecule has 4 nitrogen and oxygen atoms in total. The normalized spacial score (nSPS) is 12.5. The summed E-state index contributed by atoms with van der Waals surface area (Å²) in [7, 11) is 0. The van der Waals surface area contributed by atoms with Gasteiger partial charge in [-0.05, 0) is 54.0 Å². The molecule has 0 fully saturated rings. The van der Waals surface area contributed by atoms with Crippen LogP contribution in [-0.4, -0.2) is 25.0 Å². The molecule has 0 saturated heterocycles. The minimum atomic E-state index is -0.424. The molecule has 0 unspecified atom stereocenters. The second kappa shape index (κ2) is 8.61. The summed E-state index contributed by atoms with van der Waals surface area (Å²) in [6, 6.07) is 12.5. The van der Waals surface area contributed by atoms with E-state index in [0.717, 1.165) is 24.8 Å². The number of esters is 1. The molecule has 2 aromatic rings. The van der Waals surface area contributed by atoms with E-state index < -0.39 is 5.97 Å². The number of benzene rings is 2. The van der Waals surface area contributed by atoms with Crippen LogP contribution in [0.15, 0.2) is 42.5 Å². The predicted octanol–water partition coefficient (Wildman–Crippen LogP) is 2.76. The highest BCUT2D eigenvalue weighted by atomic mass is 19.1. The Hall–Kier alpha value is -2.69. The van der Waals surface area contributed by atoms with Crippen LogP contribution in [0.3, 0.4) is 0 Å². The number of fused-ring (bicyclic) bond motifs is 1. The highest BCUT2D eigenvalue weighted by molar-refractivity contribution is 5.81. The van der Waals surface area contributed by atoms with Gasteiger partial charge in [0.2, 0.25) is 0 Å². The third kappa shape index (κ3) is 4.91. The van der Waals surface area contributed by atoms with Gasteiger partial charge >= 0.3 is 5.97 Å². The van der Waals surface area contributed by atoms with Gasteiger partial charge in [0.1, 0.15) is 5.82 Å². The van der Waals surface area contributed by atoms with Crippen molar-refractivity contribution in [3.63, 3.8) is 0 Å². The van der Waals surface area contributed by atoms with Gasteiger partial charge in [0.05, 0.1) is 6.42 Å². The van der Waals surface area contributed by atoms with Crippen molar-refractivity contribution in [1.29, 1.82) is 0 Å². The lowest BCUT2D eigenvalue weighted by atomic mass is 10.0. The fourth-order valence-corrected chi connectivity index (χ4v) is 3.19. The molecule has 0 aromatic heterocycles. The van der Waals surface area contributed by atoms with Crippen LogP contribution in [0.4, 0.5) is 4.39 Å². The van der Waals surface area contributed by atoms with E-state index in [1.165, 1.54) is 17.2 Å². The summed E-state index contributed by atoms with van der Waals surface area (Å²) in [5.74, 6) is -1.10. The molecule has 0 spiro atoms. The lowest BCUT2D eigenvalue weighted by Gasteiger charge is -2.08. The number of amides is 1. The summed E-state index contributed by atoms with van der Waals surface area (Å²) in [4.78, 5) is 23.7. The fourth-order valence-electron chi connectivity index (χ4n) is 3.19. The van der Waals surface area contributed by atoms with Crippen LogP contribution in [0.5, 0.6) is 0 Å². The van der Waals surface area contributed by atoms with Gasteiger partial charge in [-0.2, -0.15) is 0 Å². The number of hydrogen-bond acceptors (Lipinski definition) is 3. The Balaban J connectivity index is 1.37. The quantitative estimate of drug-likeness (QED) is 0.777. The molecule has 0 aliphatic heterocycles. The number of carbonyl (C=O) groups excluding carboxylic acids is 2. The predicted molar refractivity (Wildman–Crippen MR) is 96.2 cm³/mol. The van der Waals surface area contributed by atoms with Crippen molar-refractivity contribution < 1.29 is 18.7 Å². The molecule has 0 heterocycles. The highest BCUT2D eigenvalue weighted by Gasteiger charge is 2.13.